The minimum absolute atomic E-state index is 0.0655. The molecule has 0 unspecified atom stereocenters. The van der Waals surface area contributed by atoms with Crippen molar-refractivity contribution in [3.8, 4) is 10.8 Å². The fraction of sp³-hybridized carbons (Fsp3) is 0.375. The van der Waals surface area contributed by atoms with Crippen molar-refractivity contribution in [2.24, 2.45) is 0 Å². The van der Waals surface area contributed by atoms with Crippen LogP contribution in [0, 0.1) is 13.8 Å². The Labute approximate surface area is 142 Å². The maximum atomic E-state index is 12.5. The average molecular weight is 343 g/mol. The van der Waals surface area contributed by atoms with Gasteiger partial charge in [-0.15, -0.1) is 21.5 Å². The molecule has 24 heavy (non-hydrogen) atoms. The first-order chi connectivity index (χ1) is 11.6. The maximum Gasteiger partial charge on any atom is 0.271 e. The van der Waals surface area contributed by atoms with Crippen LogP contribution < -0.4 is 5.32 Å². The standard InChI is InChI=1S/C16H17N5O2S/c1-9-3-5-13(23-9)16-18-12(8-24-16)15(22)17-11-4-6-14-20-19-10(2)21(14)7-11/h3,5,8,11H,4,6-7H2,1-2H3,(H,17,22)/t11-/m1/s1. The van der Waals surface area contributed by atoms with Crippen LogP contribution in [-0.2, 0) is 13.0 Å². The molecule has 3 aromatic rings. The maximum absolute atomic E-state index is 12.5. The Hall–Kier alpha value is -2.48. The number of carbonyl (C=O) groups excluding carboxylic acids is 1. The second kappa shape index (κ2) is 5.86. The predicted octanol–water partition coefficient (Wildman–Crippen LogP) is 2.36. The summed E-state index contributed by atoms with van der Waals surface area (Å²) in [5, 5.41) is 13.8. The highest BCUT2D eigenvalue weighted by atomic mass is 32.1. The summed E-state index contributed by atoms with van der Waals surface area (Å²) >= 11 is 1.41. The van der Waals surface area contributed by atoms with Crippen LogP contribution in [0.25, 0.3) is 10.8 Å². The molecule has 4 rings (SSSR count). The zero-order valence-corrected chi connectivity index (χ0v) is 14.3. The Morgan fingerprint density at radius 2 is 2.25 bits per heavy atom. The Morgan fingerprint density at radius 1 is 1.38 bits per heavy atom. The van der Waals surface area contributed by atoms with Crippen molar-refractivity contribution < 1.29 is 9.21 Å². The highest BCUT2D eigenvalue weighted by molar-refractivity contribution is 7.13. The van der Waals surface area contributed by atoms with Crippen LogP contribution in [0.5, 0.6) is 0 Å². The summed E-state index contributed by atoms with van der Waals surface area (Å²) in [4.78, 5) is 16.9. The molecule has 1 N–H and O–H groups in total. The fourth-order valence-electron chi connectivity index (χ4n) is 2.88. The van der Waals surface area contributed by atoms with Gasteiger partial charge in [0.15, 0.2) is 10.8 Å². The lowest BCUT2D eigenvalue weighted by Crippen LogP contribution is -2.41. The molecule has 124 valence electrons. The third kappa shape index (κ3) is 2.73. The minimum atomic E-state index is -0.153. The van der Waals surface area contributed by atoms with Gasteiger partial charge < -0.3 is 14.3 Å². The van der Waals surface area contributed by atoms with E-state index in [9.17, 15) is 4.79 Å². The van der Waals surface area contributed by atoms with Crippen LogP contribution in [0.4, 0.5) is 0 Å². The lowest BCUT2D eigenvalue weighted by atomic mass is 10.1. The smallest absolute Gasteiger partial charge is 0.271 e. The van der Waals surface area contributed by atoms with Crippen LogP contribution in [0.1, 0.15) is 34.3 Å². The van der Waals surface area contributed by atoms with Gasteiger partial charge in [-0.25, -0.2) is 4.98 Å². The highest BCUT2D eigenvalue weighted by Crippen LogP contribution is 2.25. The van der Waals surface area contributed by atoms with Gasteiger partial charge in [0.1, 0.15) is 23.1 Å². The summed E-state index contributed by atoms with van der Waals surface area (Å²) in [5.41, 5.74) is 0.426. The van der Waals surface area contributed by atoms with Gasteiger partial charge in [-0.1, -0.05) is 0 Å². The second-order valence-corrected chi connectivity index (χ2v) is 6.79. The second-order valence-electron chi connectivity index (χ2n) is 5.93. The molecule has 0 fully saturated rings. The van der Waals surface area contributed by atoms with Gasteiger partial charge in [0.25, 0.3) is 5.91 Å². The van der Waals surface area contributed by atoms with E-state index < -0.39 is 0 Å². The number of hydrogen-bond acceptors (Lipinski definition) is 6. The van der Waals surface area contributed by atoms with E-state index in [0.717, 1.165) is 30.3 Å². The molecule has 0 saturated carbocycles. The number of amides is 1. The van der Waals surface area contributed by atoms with Crippen molar-refractivity contribution in [3.05, 3.63) is 40.6 Å². The minimum Gasteiger partial charge on any atom is -0.459 e. The van der Waals surface area contributed by atoms with Crippen LogP contribution >= 0.6 is 11.3 Å². The van der Waals surface area contributed by atoms with E-state index in [1.165, 1.54) is 11.3 Å². The molecule has 1 amide bonds. The van der Waals surface area contributed by atoms with Crippen molar-refractivity contribution in [2.75, 3.05) is 0 Å². The number of fused-ring (bicyclic) bond motifs is 1. The molecule has 1 aliphatic heterocycles. The van der Waals surface area contributed by atoms with Gasteiger partial charge in [-0.05, 0) is 32.4 Å². The molecule has 7 nitrogen and oxygen atoms in total. The van der Waals surface area contributed by atoms with Crippen molar-refractivity contribution >= 4 is 17.2 Å². The molecule has 0 bridgehead atoms. The lowest BCUT2D eigenvalue weighted by molar-refractivity contribution is 0.0923. The first-order valence-corrected chi connectivity index (χ1v) is 8.70. The summed E-state index contributed by atoms with van der Waals surface area (Å²) in [7, 11) is 0. The highest BCUT2D eigenvalue weighted by Gasteiger charge is 2.24. The number of thiazole rings is 1. The molecule has 0 radical (unpaired) electrons. The Morgan fingerprint density at radius 3 is 3.04 bits per heavy atom. The first-order valence-electron chi connectivity index (χ1n) is 7.82. The molecule has 0 aliphatic carbocycles. The van der Waals surface area contributed by atoms with Gasteiger partial charge in [-0.2, -0.15) is 0 Å². The first kappa shape index (κ1) is 15.1. The van der Waals surface area contributed by atoms with Crippen LogP contribution in [0.15, 0.2) is 21.9 Å². The van der Waals surface area contributed by atoms with Gasteiger partial charge in [0.2, 0.25) is 0 Å². The predicted molar refractivity (Wildman–Crippen MR) is 88.9 cm³/mol. The number of nitrogens with zero attached hydrogens (tertiary/aromatic N) is 4. The van der Waals surface area contributed by atoms with Gasteiger partial charge in [0, 0.05) is 24.4 Å². The van der Waals surface area contributed by atoms with Gasteiger partial charge in [-0.3, -0.25) is 4.79 Å². The largest absolute Gasteiger partial charge is 0.459 e. The fourth-order valence-corrected chi connectivity index (χ4v) is 3.64. The third-order valence-corrected chi connectivity index (χ3v) is 5.01. The summed E-state index contributed by atoms with van der Waals surface area (Å²) in [6, 6.07) is 3.82. The topological polar surface area (TPSA) is 85.8 Å². The van der Waals surface area contributed by atoms with E-state index in [-0.39, 0.29) is 11.9 Å². The molecule has 8 heteroatoms. The SMILES string of the molecule is Cc1ccc(-c2nc(C(=O)N[C@@H]3CCc4nnc(C)n4C3)cs2)o1. The van der Waals surface area contributed by atoms with Gasteiger partial charge >= 0.3 is 0 Å². The Balaban J connectivity index is 1.45. The summed E-state index contributed by atoms with van der Waals surface area (Å²) in [6.45, 7) is 4.52. The van der Waals surface area contributed by atoms with Crippen molar-refractivity contribution in [2.45, 2.75) is 39.3 Å². The number of rotatable bonds is 3. The van der Waals surface area contributed by atoms with E-state index >= 15 is 0 Å². The number of nitrogens with one attached hydrogen (secondary N) is 1. The molecule has 4 heterocycles. The number of aromatic nitrogens is 4. The number of hydrogen-bond donors (Lipinski definition) is 1. The van der Waals surface area contributed by atoms with E-state index in [0.29, 0.717) is 23.0 Å². The van der Waals surface area contributed by atoms with Crippen LogP contribution in [0.2, 0.25) is 0 Å². The monoisotopic (exact) mass is 343 g/mol. The van der Waals surface area contributed by atoms with Gasteiger partial charge in [0.05, 0.1) is 0 Å². The van der Waals surface area contributed by atoms with E-state index in [2.05, 4.69) is 25.1 Å². The quantitative estimate of drug-likeness (QED) is 0.789. The Kier molecular flexibility index (Phi) is 3.68. The zero-order valence-electron chi connectivity index (χ0n) is 13.4. The zero-order chi connectivity index (χ0) is 16.7. The molecule has 3 aromatic heterocycles. The molecule has 0 saturated heterocycles. The molecule has 0 spiro atoms. The van der Waals surface area contributed by atoms with Crippen molar-refractivity contribution in [1.82, 2.24) is 25.1 Å². The van der Waals surface area contributed by atoms with E-state index in [1.54, 1.807) is 5.38 Å². The number of carbonyl (C=O) groups is 1. The molecule has 0 aromatic carbocycles. The van der Waals surface area contributed by atoms with E-state index in [4.69, 9.17) is 4.42 Å². The number of aryl methyl sites for hydroxylation is 3. The molecular weight excluding hydrogens is 326 g/mol. The summed E-state index contributed by atoms with van der Waals surface area (Å²) in [6.07, 6.45) is 1.68. The molecule has 1 atom stereocenters. The lowest BCUT2D eigenvalue weighted by Gasteiger charge is -2.24. The van der Waals surface area contributed by atoms with Crippen LogP contribution in [0.3, 0.4) is 0 Å². The average Bonchev–Trinajstić information content (AvgIpc) is 3.28. The Bertz CT molecular complexity index is 894. The summed E-state index contributed by atoms with van der Waals surface area (Å²) in [5.74, 6) is 3.24. The molecular formula is C16H17N5O2S. The van der Waals surface area contributed by atoms with Crippen molar-refractivity contribution in [1.29, 1.82) is 0 Å². The molecule has 1 aliphatic rings. The van der Waals surface area contributed by atoms with Crippen LogP contribution in [-0.4, -0.2) is 31.7 Å². The van der Waals surface area contributed by atoms with Crippen molar-refractivity contribution in [3.63, 3.8) is 0 Å². The normalized spacial score (nSPS) is 16.8. The number of furan rings is 1. The third-order valence-electron chi connectivity index (χ3n) is 4.15. The summed E-state index contributed by atoms with van der Waals surface area (Å²) < 4.78 is 7.62. The van der Waals surface area contributed by atoms with E-state index in [1.807, 2.05) is 26.0 Å².